The number of aromatic nitrogens is 3. The molecule has 0 amide bonds. The number of rotatable bonds is 2. The van der Waals surface area contributed by atoms with Crippen LogP contribution in [-0.2, 0) is 13.0 Å². The Morgan fingerprint density at radius 3 is 2.48 bits per heavy atom. The van der Waals surface area contributed by atoms with Crippen molar-refractivity contribution in [3.8, 4) is 22.5 Å². The molecule has 0 atom stereocenters. The van der Waals surface area contributed by atoms with Crippen molar-refractivity contribution in [1.82, 2.24) is 14.2 Å². The fourth-order valence-corrected chi connectivity index (χ4v) is 3.97. The summed E-state index contributed by atoms with van der Waals surface area (Å²) in [5.41, 5.74) is 6.29. The van der Waals surface area contributed by atoms with Crippen LogP contribution in [0.3, 0.4) is 0 Å². The number of benzene rings is 2. The van der Waals surface area contributed by atoms with E-state index in [9.17, 15) is 0 Å². The van der Waals surface area contributed by atoms with Crippen LogP contribution in [0.5, 0.6) is 0 Å². The van der Waals surface area contributed by atoms with Crippen LogP contribution >= 0.6 is 11.6 Å². The second-order valence-electron chi connectivity index (χ2n) is 6.59. The third-order valence-corrected chi connectivity index (χ3v) is 5.27. The molecule has 2 aromatic carbocycles. The van der Waals surface area contributed by atoms with E-state index in [0.29, 0.717) is 0 Å². The molecule has 0 unspecified atom stereocenters. The maximum Gasteiger partial charge on any atom is 0.162 e. The zero-order chi connectivity index (χ0) is 16.8. The highest BCUT2D eigenvalue weighted by Gasteiger charge is 2.22. The van der Waals surface area contributed by atoms with Crippen LogP contribution in [0.25, 0.3) is 28.2 Å². The van der Waals surface area contributed by atoms with E-state index >= 15 is 0 Å². The van der Waals surface area contributed by atoms with Crippen molar-refractivity contribution in [2.45, 2.75) is 25.8 Å². The van der Waals surface area contributed by atoms with Gasteiger partial charge in [0.05, 0.1) is 0 Å². The van der Waals surface area contributed by atoms with Crippen LogP contribution in [0.15, 0.2) is 60.8 Å². The largest absolute Gasteiger partial charge is 0.309 e. The van der Waals surface area contributed by atoms with Gasteiger partial charge in [-0.1, -0.05) is 54.1 Å². The SMILES string of the molecule is Clc1ccc(-c2cn3nc(-c4ccccc4)n4c3c2CCCC4)cc1. The number of aryl methyl sites for hydroxylation is 2. The van der Waals surface area contributed by atoms with Gasteiger partial charge in [-0.3, -0.25) is 0 Å². The molecule has 25 heavy (non-hydrogen) atoms. The van der Waals surface area contributed by atoms with Gasteiger partial charge in [0, 0.05) is 34.5 Å². The van der Waals surface area contributed by atoms with E-state index in [4.69, 9.17) is 16.7 Å². The van der Waals surface area contributed by atoms with E-state index in [0.717, 1.165) is 23.8 Å². The van der Waals surface area contributed by atoms with E-state index in [1.54, 1.807) is 0 Å². The highest BCUT2D eigenvalue weighted by molar-refractivity contribution is 6.30. The summed E-state index contributed by atoms with van der Waals surface area (Å²) in [4.78, 5) is 0. The maximum atomic E-state index is 6.06. The molecule has 4 aromatic rings. The van der Waals surface area contributed by atoms with Gasteiger partial charge in [0.15, 0.2) is 5.82 Å². The minimum Gasteiger partial charge on any atom is -0.309 e. The quantitative estimate of drug-likeness (QED) is 0.472. The van der Waals surface area contributed by atoms with Crippen molar-refractivity contribution in [1.29, 1.82) is 0 Å². The first-order chi connectivity index (χ1) is 12.3. The maximum absolute atomic E-state index is 6.06. The molecule has 0 radical (unpaired) electrons. The van der Waals surface area contributed by atoms with Crippen LogP contribution in [0, 0.1) is 0 Å². The van der Waals surface area contributed by atoms with Gasteiger partial charge in [0.2, 0.25) is 0 Å². The Labute approximate surface area is 151 Å². The second kappa shape index (κ2) is 5.78. The lowest BCUT2D eigenvalue weighted by Gasteiger charge is -2.06. The smallest absolute Gasteiger partial charge is 0.162 e. The van der Waals surface area contributed by atoms with Gasteiger partial charge in [-0.25, -0.2) is 4.52 Å². The molecule has 0 aliphatic carbocycles. The summed E-state index contributed by atoms with van der Waals surface area (Å²) in [6, 6.07) is 18.6. The standard InChI is InChI=1S/C21H18ClN3/c22-17-11-9-15(10-12-17)19-14-25-21-18(19)8-4-5-13-24(21)20(23-25)16-6-2-1-3-7-16/h1-3,6-7,9-12,14H,4-5,8,13H2. The predicted molar refractivity (Wildman–Crippen MR) is 102 cm³/mol. The van der Waals surface area contributed by atoms with Gasteiger partial charge in [0.1, 0.15) is 5.65 Å². The monoisotopic (exact) mass is 347 g/mol. The average molecular weight is 348 g/mol. The van der Waals surface area contributed by atoms with Crippen LogP contribution in [-0.4, -0.2) is 14.2 Å². The van der Waals surface area contributed by atoms with Gasteiger partial charge in [0.25, 0.3) is 0 Å². The van der Waals surface area contributed by atoms with Crippen molar-refractivity contribution in [3.05, 3.63) is 71.4 Å². The Kier molecular flexibility index (Phi) is 3.42. The van der Waals surface area contributed by atoms with Crippen LogP contribution in [0.4, 0.5) is 0 Å². The highest BCUT2D eigenvalue weighted by Crippen LogP contribution is 2.35. The molecule has 124 valence electrons. The Morgan fingerprint density at radius 1 is 0.880 bits per heavy atom. The first-order valence-electron chi connectivity index (χ1n) is 8.73. The summed E-state index contributed by atoms with van der Waals surface area (Å²) in [5, 5.41) is 5.68. The van der Waals surface area contributed by atoms with Gasteiger partial charge in [-0.15, -0.1) is 5.10 Å². The van der Waals surface area contributed by atoms with Crippen molar-refractivity contribution in [3.63, 3.8) is 0 Å². The number of nitrogens with zero attached hydrogens (tertiary/aromatic N) is 3. The molecule has 1 aliphatic heterocycles. The zero-order valence-electron chi connectivity index (χ0n) is 13.8. The van der Waals surface area contributed by atoms with Crippen LogP contribution in [0.2, 0.25) is 5.02 Å². The number of hydrogen-bond donors (Lipinski definition) is 0. The van der Waals surface area contributed by atoms with Crippen molar-refractivity contribution >= 4 is 17.2 Å². The Hall–Kier alpha value is -2.52. The summed E-state index contributed by atoms with van der Waals surface area (Å²) in [7, 11) is 0. The lowest BCUT2D eigenvalue weighted by atomic mass is 10.0. The lowest BCUT2D eigenvalue weighted by Crippen LogP contribution is -1.99. The molecule has 5 rings (SSSR count). The van der Waals surface area contributed by atoms with E-state index in [1.165, 1.54) is 40.7 Å². The van der Waals surface area contributed by atoms with Crippen molar-refractivity contribution in [2.24, 2.45) is 0 Å². The molecule has 2 aromatic heterocycles. The average Bonchev–Trinajstić information content (AvgIpc) is 3.08. The van der Waals surface area contributed by atoms with Gasteiger partial charge in [-0.05, 0) is 37.0 Å². The van der Waals surface area contributed by atoms with E-state index in [1.807, 2.05) is 18.2 Å². The Balaban J connectivity index is 1.74. The molecule has 0 saturated heterocycles. The first-order valence-corrected chi connectivity index (χ1v) is 9.11. The normalized spacial score (nSPS) is 14.0. The summed E-state index contributed by atoms with van der Waals surface area (Å²) in [6.45, 7) is 1.02. The van der Waals surface area contributed by atoms with Crippen molar-refractivity contribution < 1.29 is 0 Å². The van der Waals surface area contributed by atoms with Gasteiger partial charge >= 0.3 is 0 Å². The summed E-state index contributed by atoms with van der Waals surface area (Å²) in [6.07, 6.45) is 5.65. The van der Waals surface area contributed by atoms with Gasteiger partial charge < -0.3 is 4.57 Å². The first kappa shape index (κ1) is 14.8. The molecule has 4 heteroatoms. The number of halogens is 1. The molecule has 0 saturated carbocycles. The molecule has 1 aliphatic rings. The minimum atomic E-state index is 0.771. The van der Waals surface area contributed by atoms with Gasteiger partial charge in [-0.2, -0.15) is 0 Å². The molecule has 3 heterocycles. The van der Waals surface area contributed by atoms with Crippen LogP contribution in [0.1, 0.15) is 18.4 Å². The Bertz CT molecular complexity index is 1040. The minimum absolute atomic E-state index is 0.771. The Morgan fingerprint density at radius 2 is 1.68 bits per heavy atom. The molecular formula is C21H18ClN3. The van der Waals surface area contributed by atoms with E-state index < -0.39 is 0 Å². The molecule has 0 spiro atoms. The zero-order valence-corrected chi connectivity index (χ0v) is 14.6. The highest BCUT2D eigenvalue weighted by atomic mass is 35.5. The second-order valence-corrected chi connectivity index (χ2v) is 7.03. The fraction of sp³-hybridized carbons (Fsp3) is 0.190. The summed E-state index contributed by atoms with van der Waals surface area (Å²) in [5.74, 6) is 1.06. The molecule has 0 fully saturated rings. The molecule has 0 N–H and O–H groups in total. The van der Waals surface area contributed by atoms with Crippen molar-refractivity contribution in [2.75, 3.05) is 0 Å². The third kappa shape index (κ3) is 2.38. The van der Waals surface area contributed by atoms with E-state index in [2.05, 4.69) is 51.7 Å². The third-order valence-electron chi connectivity index (χ3n) is 5.02. The molecular weight excluding hydrogens is 330 g/mol. The molecule has 0 bridgehead atoms. The number of hydrogen-bond acceptors (Lipinski definition) is 1. The summed E-state index contributed by atoms with van der Waals surface area (Å²) < 4.78 is 4.45. The summed E-state index contributed by atoms with van der Waals surface area (Å²) >= 11 is 6.06. The predicted octanol–water partition coefficient (Wildman–Crippen LogP) is 5.46. The topological polar surface area (TPSA) is 22.2 Å². The lowest BCUT2D eigenvalue weighted by molar-refractivity contribution is 0.645. The van der Waals surface area contributed by atoms with E-state index in [-0.39, 0.29) is 0 Å². The molecule has 3 nitrogen and oxygen atoms in total. The van der Waals surface area contributed by atoms with Crippen LogP contribution < -0.4 is 0 Å². The fourth-order valence-electron chi connectivity index (χ4n) is 3.85.